The summed E-state index contributed by atoms with van der Waals surface area (Å²) in [7, 11) is 0. The van der Waals surface area contributed by atoms with Gasteiger partial charge in [-0.3, -0.25) is 10.1 Å². The molecule has 0 aliphatic heterocycles. The van der Waals surface area contributed by atoms with Gasteiger partial charge in [-0.05, 0) is 23.3 Å². The van der Waals surface area contributed by atoms with Crippen LogP contribution in [0.5, 0.6) is 0 Å². The minimum Gasteiger partial charge on any atom is -0.333 e. The average molecular weight is 408 g/mol. The van der Waals surface area contributed by atoms with E-state index in [0.717, 1.165) is 22.2 Å². The number of thioether (sulfide) groups is 1. The van der Waals surface area contributed by atoms with Gasteiger partial charge in [-0.2, -0.15) is 0 Å². The number of nitrogens with zero attached hydrogens (tertiary/aromatic N) is 4. The first-order chi connectivity index (χ1) is 13.8. The van der Waals surface area contributed by atoms with Crippen molar-refractivity contribution < 1.29 is 4.79 Å². The van der Waals surface area contributed by atoms with E-state index in [9.17, 15) is 4.79 Å². The third-order valence-electron chi connectivity index (χ3n) is 3.97. The Labute approximate surface area is 170 Å². The first kappa shape index (κ1) is 18.4. The number of aromatic nitrogens is 4. The summed E-state index contributed by atoms with van der Waals surface area (Å²) < 4.78 is 2.81. The van der Waals surface area contributed by atoms with Crippen molar-refractivity contribution in [3.63, 3.8) is 0 Å². The van der Waals surface area contributed by atoms with Gasteiger partial charge in [0, 0.05) is 30.3 Å². The molecule has 0 unspecified atom stereocenters. The maximum Gasteiger partial charge on any atom is 0.257 e. The lowest BCUT2D eigenvalue weighted by Gasteiger charge is -2.05. The highest BCUT2D eigenvalue weighted by atomic mass is 32.2. The van der Waals surface area contributed by atoms with Crippen molar-refractivity contribution in [2.45, 2.75) is 16.6 Å². The third-order valence-corrected chi connectivity index (χ3v) is 6.02. The van der Waals surface area contributed by atoms with E-state index in [1.165, 1.54) is 16.9 Å². The molecule has 0 saturated carbocycles. The van der Waals surface area contributed by atoms with E-state index in [2.05, 4.69) is 32.6 Å². The van der Waals surface area contributed by atoms with Crippen molar-refractivity contribution in [2.24, 2.45) is 0 Å². The highest BCUT2D eigenvalue weighted by molar-refractivity contribution is 8.00. The summed E-state index contributed by atoms with van der Waals surface area (Å²) >= 11 is 2.99. The molecule has 8 heteroatoms. The van der Waals surface area contributed by atoms with E-state index in [-0.39, 0.29) is 5.91 Å². The molecule has 0 fully saturated rings. The van der Waals surface area contributed by atoms with Crippen LogP contribution in [0.2, 0.25) is 0 Å². The molecule has 0 saturated heterocycles. The zero-order chi connectivity index (χ0) is 19.2. The van der Waals surface area contributed by atoms with Gasteiger partial charge < -0.3 is 4.57 Å². The van der Waals surface area contributed by atoms with E-state index in [1.807, 2.05) is 53.2 Å². The Bertz CT molecular complexity index is 1030. The maximum atomic E-state index is 12.4. The number of benzene rings is 2. The number of hydrogen-bond acceptors (Lipinski definition) is 6. The Morgan fingerprint density at radius 3 is 2.61 bits per heavy atom. The molecule has 1 amide bonds. The SMILES string of the molecule is O=C(Nc1nnc(SCc2ccccc2)s1)c1ccc(Cn2ccnc2)cc1. The number of anilines is 1. The second kappa shape index (κ2) is 8.81. The summed E-state index contributed by atoms with van der Waals surface area (Å²) in [4.78, 5) is 16.5. The van der Waals surface area contributed by atoms with E-state index in [4.69, 9.17) is 0 Å². The molecule has 0 atom stereocenters. The summed E-state index contributed by atoms with van der Waals surface area (Å²) in [5.41, 5.74) is 2.91. The third kappa shape index (κ3) is 4.85. The number of carbonyl (C=O) groups is 1. The largest absolute Gasteiger partial charge is 0.333 e. The van der Waals surface area contributed by atoms with Gasteiger partial charge in [0.15, 0.2) is 4.34 Å². The Balaban J connectivity index is 1.32. The predicted molar refractivity (Wildman–Crippen MR) is 112 cm³/mol. The minimum absolute atomic E-state index is 0.190. The molecule has 0 aliphatic carbocycles. The monoisotopic (exact) mass is 407 g/mol. The Morgan fingerprint density at radius 1 is 1.04 bits per heavy atom. The summed E-state index contributed by atoms with van der Waals surface area (Å²) in [5, 5.41) is 11.5. The molecule has 1 N–H and O–H groups in total. The second-order valence-electron chi connectivity index (χ2n) is 6.03. The van der Waals surface area contributed by atoms with Crippen LogP contribution in [0, 0.1) is 0 Å². The molecule has 28 heavy (non-hydrogen) atoms. The van der Waals surface area contributed by atoms with Crippen molar-refractivity contribution in [3.05, 3.63) is 90.0 Å². The number of imidazole rings is 1. The van der Waals surface area contributed by atoms with E-state index in [1.54, 1.807) is 24.3 Å². The molecule has 2 aromatic heterocycles. The highest BCUT2D eigenvalue weighted by Crippen LogP contribution is 2.28. The molecule has 140 valence electrons. The molecule has 4 rings (SSSR count). The lowest BCUT2D eigenvalue weighted by Crippen LogP contribution is -2.11. The van der Waals surface area contributed by atoms with E-state index >= 15 is 0 Å². The second-order valence-corrected chi connectivity index (χ2v) is 8.23. The minimum atomic E-state index is -0.190. The fraction of sp³-hybridized carbons (Fsp3) is 0.100. The summed E-state index contributed by atoms with van der Waals surface area (Å²) in [6, 6.07) is 17.7. The summed E-state index contributed by atoms with van der Waals surface area (Å²) in [6.45, 7) is 0.723. The van der Waals surface area contributed by atoms with Crippen LogP contribution < -0.4 is 5.32 Å². The number of rotatable bonds is 7. The van der Waals surface area contributed by atoms with Gasteiger partial charge in [0.1, 0.15) is 0 Å². The number of nitrogens with one attached hydrogen (secondary N) is 1. The van der Waals surface area contributed by atoms with Crippen molar-refractivity contribution in [1.29, 1.82) is 0 Å². The smallest absolute Gasteiger partial charge is 0.257 e. The molecule has 0 bridgehead atoms. The van der Waals surface area contributed by atoms with Crippen molar-refractivity contribution in [3.8, 4) is 0 Å². The Morgan fingerprint density at radius 2 is 1.86 bits per heavy atom. The van der Waals surface area contributed by atoms with Crippen LogP contribution in [-0.4, -0.2) is 25.7 Å². The lowest BCUT2D eigenvalue weighted by molar-refractivity contribution is 0.102. The zero-order valence-corrected chi connectivity index (χ0v) is 16.5. The van der Waals surface area contributed by atoms with Gasteiger partial charge in [-0.15, -0.1) is 10.2 Å². The molecule has 2 heterocycles. The zero-order valence-electron chi connectivity index (χ0n) is 14.9. The predicted octanol–water partition coefficient (Wildman–Crippen LogP) is 4.33. The van der Waals surface area contributed by atoms with Crippen LogP contribution in [-0.2, 0) is 12.3 Å². The van der Waals surface area contributed by atoms with Crippen molar-refractivity contribution >= 4 is 34.1 Å². The molecule has 0 aliphatic rings. The van der Waals surface area contributed by atoms with Gasteiger partial charge in [-0.1, -0.05) is 65.6 Å². The number of hydrogen-bond donors (Lipinski definition) is 1. The molecular formula is C20H17N5OS2. The van der Waals surface area contributed by atoms with Crippen molar-refractivity contribution in [1.82, 2.24) is 19.7 Å². The van der Waals surface area contributed by atoms with Crippen molar-refractivity contribution in [2.75, 3.05) is 5.32 Å². The van der Waals surface area contributed by atoms with Crippen LogP contribution in [0.25, 0.3) is 0 Å². The van der Waals surface area contributed by atoms with Gasteiger partial charge in [-0.25, -0.2) is 4.98 Å². The average Bonchev–Trinajstić information content (AvgIpc) is 3.40. The van der Waals surface area contributed by atoms with Crippen LogP contribution in [0.15, 0.2) is 77.7 Å². The normalized spacial score (nSPS) is 10.7. The van der Waals surface area contributed by atoms with Crippen LogP contribution >= 0.6 is 23.1 Å². The first-order valence-electron chi connectivity index (χ1n) is 8.62. The van der Waals surface area contributed by atoms with Gasteiger partial charge in [0.05, 0.1) is 6.33 Å². The molecule has 2 aromatic carbocycles. The molecule has 6 nitrogen and oxygen atoms in total. The van der Waals surface area contributed by atoms with Gasteiger partial charge in [0.25, 0.3) is 5.91 Å². The highest BCUT2D eigenvalue weighted by Gasteiger charge is 2.11. The van der Waals surface area contributed by atoms with E-state index in [0.29, 0.717) is 10.7 Å². The standard InChI is InChI=1S/C20H17N5OS2/c26-18(17-8-6-15(7-9-17)12-25-11-10-21-14-25)22-19-23-24-20(28-19)27-13-16-4-2-1-3-5-16/h1-11,14H,12-13H2,(H,22,23,26). The number of carbonyl (C=O) groups excluding carboxylic acids is 1. The van der Waals surface area contributed by atoms with Crippen LogP contribution in [0.3, 0.4) is 0 Å². The van der Waals surface area contributed by atoms with Gasteiger partial charge >= 0.3 is 0 Å². The fourth-order valence-corrected chi connectivity index (χ4v) is 4.26. The Hall–Kier alpha value is -2.97. The quantitative estimate of drug-likeness (QED) is 0.365. The fourth-order valence-electron chi connectivity index (χ4n) is 2.56. The molecular weight excluding hydrogens is 390 g/mol. The first-order valence-corrected chi connectivity index (χ1v) is 10.4. The van der Waals surface area contributed by atoms with Gasteiger partial charge in [0.2, 0.25) is 5.13 Å². The van der Waals surface area contributed by atoms with Crippen LogP contribution in [0.4, 0.5) is 5.13 Å². The molecule has 0 radical (unpaired) electrons. The van der Waals surface area contributed by atoms with E-state index < -0.39 is 0 Å². The molecule has 0 spiro atoms. The lowest BCUT2D eigenvalue weighted by atomic mass is 10.1. The maximum absolute atomic E-state index is 12.4. The topological polar surface area (TPSA) is 72.7 Å². The summed E-state index contributed by atoms with van der Waals surface area (Å²) in [6.07, 6.45) is 5.42. The number of amides is 1. The van der Waals surface area contributed by atoms with Crippen LogP contribution in [0.1, 0.15) is 21.5 Å². The summed E-state index contributed by atoms with van der Waals surface area (Å²) in [5.74, 6) is 0.631. The molecule has 4 aromatic rings. The Kier molecular flexibility index (Phi) is 5.79.